The summed E-state index contributed by atoms with van der Waals surface area (Å²) in [5.74, 6) is 0.773. The molecule has 3 rings (SSSR count). The van der Waals surface area contributed by atoms with Gasteiger partial charge in [-0.05, 0) is 43.5 Å². The Labute approximate surface area is 141 Å². The number of likely N-dealkylation sites (tertiary alicyclic amines) is 1. The largest absolute Gasteiger partial charge is 0.497 e. The first-order valence-corrected chi connectivity index (χ1v) is 7.93. The number of rotatable bonds is 3. The summed E-state index contributed by atoms with van der Waals surface area (Å²) in [6, 6.07) is 3.79. The Hall–Kier alpha value is -2.63. The minimum atomic E-state index is -0.301. The van der Waals surface area contributed by atoms with Crippen molar-refractivity contribution in [2.24, 2.45) is 0 Å². The van der Waals surface area contributed by atoms with Crippen LogP contribution in [0.5, 0.6) is 5.75 Å². The molecular formula is C18H22N4O2. The fourth-order valence-corrected chi connectivity index (χ4v) is 3.51. The Morgan fingerprint density at radius 3 is 2.71 bits per heavy atom. The first-order chi connectivity index (χ1) is 11.3. The Kier molecular flexibility index (Phi) is 3.91. The molecule has 3 N–H and O–H groups in total. The molecule has 1 aromatic carbocycles. The van der Waals surface area contributed by atoms with Crippen molar-refractivity contribution in [2.45, 2.75) is 26.2 Å². The topological polar surface area (TPSA) is 92.3 Å². The van der Waals surface area contributed by atoms with Crippen molar-refractivity contribution in [1.29, 1.82) is 5.41 Å². The molecule has 24 heavy (non-hydrogen) atoms. The molecule has 1 unspecified atom stereocenters. The number of amides is 1. The molecule has 1 saturated heterocycles. The Morgan fingerprint density at radius 2 is 2.17 bits per heavy atom. The summed E-state index contributed by atoms with van der Waals surface area (Å²) >= 11 is 0. The number of ether oxygens (including phenoxy) is 1. The molecule has 1 aliphatic heterocycles. The van der Waals surface area contributed by atoms with Gasteiger partial charge in [-0.15, -0.1) is 0 Å². The summed E-state index contributed by atoms with van der Waals surface area (Å²) < 4.78 is 5.39. The molecular weight excluding hydrogens is 304 g/mol. The molecule has 6 nitrogen and oxygen atoms in total. The predicted molar refractivity (Wildman–Crippen MR) is 94.9 cm³/mol. The van der Waals surface area contributed by atoms with Gasteiger partial charge in [0.15, 0.2) is 0 Å². The lowest BCUT2D eigenvalue weighted by atomic mass is 9.87. The maximum absolute atomic E-state index is 12.6. The van der Waals surface area contributed by atoms with Crippen molar-refractivity contribution in [2.75, 3.05) is 26.4 Å². The van der Waals surface area contributed by atoms with Crippen LogP contribution in [0.3, 0.4) is 0 Å². The molecule has 1 aliphatic rings. The van der Waals surface area contributed by atoms with E-state index in [1.807, 2.05) is 19.1 Å². The Morgan fingerprint density at radius 1 is 1.46 bits per heavy atom. The highest BCUT2D eigenvalue weighted by Gasteiger charge is 2.35. The van der Waals surface area contributed by atoms with Gasteiger partial charge in [0.05, 0.1) is 18.5 Å². The molecule has 1 fully saturated rings. The van der Waals surface area contributed by atoms with Crippen molar-refractivity contribution in [3.8, 4) is 5.75 Å². The van der Waals surface area contributed by atoms with Crippen LogP contribution in [-0.2, 0) is 4.79 Å². The highest BCUT2D eigenvalue weighted by Crippen LogP contribution is 2.39. The van der Waals surface area contributed by atoms with Crippen molar-refractivity contribution in [3.05, 3.63) is 28.8 Å². The van der Waals surface area contributed by atoms with Gasteiger partial charge >= 0.3 is 0 Å². The van der Waals surface area contributed by atoms with Crippen LogP contribution in [0.25, 0.3) is 10.9 Å². The monoisotopic (exact) mass is 326 g/mol. The van der Waals surface area contributed by atoms with E-state index in [4.69, 9.17) is 15.9 Å². The third kappa shape index (κ3) is 2.38. The summed E-state index contributed by atoms with van der Waals surface area (Å²) in [4.78, 5) is 18.9. The molecule has 1 atom stereocenters. The maximum atomic E-state index is 12.6. The predicted octanol–water partition coefficient (Wildman–Crippen LogP) is 2.47. The normalized spacial score (nSPS) is 17.6. The van der Waals surface area contributed by atoms with Crippen molar-refractivity contribution in [1.82, 2.24) is 9.88 Å². The van der Waals surface area contributed by atoms with Crippen LogP contribution >= 0.6 is 0 Å². The molecule has 0 saturated carbocycles. The van der Waals surface area contributed by atoms with Gasteiger partial charge in [-0.3, -0.25) is 4.79 Å². The van der Waals surface area contributed by atoms with Crippen LogP contribution in [-0.4, -0.2) is 42.2 Å². The van der Waals surface area contributed by atoms with Gasteiger partial charge < -0.3 is 20.8 Å². The number of benzene rings is 1. The number of anilines is 1. The third-order valence-corrected chi connectivity index (χ3v) is 4.71. The fraction of sp³-hybridized carbons (Fsp3) is 0.389. The van der Waals surface area contributed by atoms with E-state index in [0.29, 0.717) is 35.8 Å². The lowest BCUT2D eigenvalue weighted by molar-refractivity contribution is -0.127. The number of carbonyl (C=O) groups is 1. The van der Waals surface area contributed by atoms with E-state index in [1.54, 1.807) is 26.0 Å². The molecule has 0 bridgehead atoms. The maximum Gasteiger partial charge on any atom is 0.229 e. The average Bonchev–Trinajstić information content (AvgIpc) is 2.86. The van der Waals surface area contributed by atoms with Crippen LogP contribution in [0.4, 0.5) is 5.82 Å². The highest BCUT2D eigenvalue weighted by molar-refractivity contribution is 6.09. The van der Waals surface area contributed by atoms with Gasteiger partial charge in [0.1, 0.15) is 11.6 Å². The quantitative estimate of drug-likeness (QED) is 0.848. The number of likely N-dealkylation sites (N-methyl/N-ethyl adjacent to an activating group) is 1. The van der Waals surface area contributed by atoms with Gasteiger partial charge in [-0.1, -0.05) is 0 Å². The molecule has 6 heteroatoms. The molecule has 1 amide bonds. The number of nitrogens with zero attached hydrogens (tertiary/aromatic N) is 2. The third-order valence-electron chi connectivity index (χ3n) is 4.71. The summed E-state index contributed by atoms with van der Waals surface area (Å²) in [6.07, 6.45) is 0.713. The van der Waals surface area contributed by atoms with E-state index >= 15 is 0 Å². The SMILES string of the molecule is COc1cc(C)c2nc(N)c(C(C)=N)c(C3CCN(C)C3=O)c2c1. The summed E-state index contributed by atoms with van der Waals surface area (Å²) in [7, 11) is 3.42. The smallest absolute Gasteiger partial charge is 0.229 e. The van der Waals surface area contributed by atoms with Gasteiger partial charge in [0.25, 0.3) is 0 Å². The summed E-state index contributed by atoms with van der Waals surface area (Å²) in [6.45, 7) is 4.33. The van der Waals surface area contributed by atoms with E-state index in [0.717, 1.165) is 22.0 Å². The Balaban J connectivity index is 2.42. The number of fused-ring (bicyclic) bond motifs is 1. The number of methoxy groups -OCH3 is 1. The lowest BCUT2D eigenvalue weighted by Crippen LogP contribution is -2.23. The molecule has 2 heterocycles. The van der Waals surface area contributed by atoms with E-state index in [9.17, 15) is 4.79 Å². The van der Waals surface area contributed by atoms with Gasteiger partial charge in [0, 0.05) is 30.3 Å². The lowest BCUT2D eigenvalue weighted by Gasteiger charge is -2.20. The van der Waals surface area contributed by atoms with E-state index in [-0.39, 0.29) is 11.8 Å². The van der Waals surface area contributed by atoms with Crippen molar-refractivity contribution in [3.63, 3.8) is 0 Å². The van der Waals surface area contributed by atoms with Crippen molar-refractivity contribution >= 4 is 28.3 Å². The number of aromatic nitrogens is 1. The molecule has 1 aromatic heterocycles. The van der Waals surface area contributed by atoms with Crippen molar-refractivity contribution < 1.29 is 9.53 Å². The van der Waals surface area contributed by atoms with Crippen LogP contribution in [0, 0.1) is 12.3 Å². The standard InChI is InChI=1S/C18H22N4O2/c1-9-7-11(24-4)8-13-15(12-5-6-22(3)18(12)23)14(10(2)19)17(20)21-16(9)13/h7-8,12,19H,5-6H2,1-4H3,(H2,20,21). The molecule has 126 valence electrons. The Bertz CT molecular complexity index is 860. The summed E-state index contributed by atoms with van der Waals surface area (Å²) in [5, 5.41) is 8.99. The van der Waals surface area contributed by atoms with E-state index in [2.05, 4.69) is 4.98 Å². The fourth-order valence-electron chi connectivity index (χ4n) is 3.51. The minimum absolute atomic E-state index is 0.0601. The van der Waals surface area contributed by atoms with Crippen LogP contribution < -0.4 is 10.5 Å². The zero-order valence-corrected chi connectivity index (χ0v) is 14.4. The van der Waals surface area contributed by atoms with Gasteiger partial charge in [0.2, 0.25) is 5.91 Å². The van der Waals surface area contributed by atoms with Gasteiger partial charge in [-0.25, -0.2) is 4.98 Å². The zero-order valence-electron chi connectivity index (χ0n) is 14.4. The minimum Gasteiger partial charge on any atom is -0.497 e. The number of nitrogens with one attached hydrogen (secondary N) is 1. The zero-order chi connectivity index (χ0) is 17.6. The number of carbonyl (C=O) groups excluding carboxylic acids is 1. The second kappa shape index (κ2) is 5.78. The second-order valence-corrected chi connectivity index (χ2v) is 6.35. The van der Waals surface area contributed by atoms with Gasteiger partial charge in [-0.2, -0.15) is 0 Å². The molecule has 2 aromatic rings. The number of hydrogen-bond acceptors (Lipinski definition) is 5. The van der Waals surface area contributed by atoms with Crippen LogP contribution in [0.2, 0.25) is 0 Å². The average molecular weight is 326 g/mol. The first kappa shape index (κ1) is 16.2. The first-order valence-electron chi connectivity index (χ1n) is 7.93. The van der Waals surface area contributed by atoms with E-state index < -0.39 is 0 Å². The number of hydrogen-bond donors (Lipinski definition) is 2. The molecule has 0 spiro atoms. The number of aryl methyl sites for hydroxylation is 1. The second-order valence-electron chi connectivity index (χ2n) is 6.35. The van der Waals surface area contributed by atoms with Crippen LogP contribution in [0.1, 0.15) is 36.0 Å². The summed E-state index contributed by atoms with van der Waals surface area (Å²) in [5.41, 5.74) is 9.56. The number of nitrogen functional groups attached to an aromatic ring is 1. The molecule has 0 aliphatic carbocycles. The highest BCUT2D eigenvalue weighted by atomic mass is 16.5. The number of nitrogens with two attached hydrogens (primary N) is 1. The molecule has 0 radical (unpaired) electrons. The number of pyridine rings is 1. The van der Waals surface area contributed by atoms with Crippen LogP contribution in [0.15, 0.2) is 12.1 Å². The van der Waals surface area contributed by atoms with E-state index in [1.165, 1.54) is 0 Å².